The number of piperazine rings is 1. The second-order valence-electron chi connectivity index (χ2n) is 9.05. The molecule has 0 spiro atoms. The third-order valence-corrected chi connectivity index (χ3v) is 4.83. The highest BCUT2D eigenvalue weighted by Crippen LogP contribution is 2.19. The lowest BCUT2D eigenvalue weighted by Gasteiger charge is -2.41. The van der Waals surface area contributed by atoms with E-state index in [1.807, 2.05) is 20.8 Å². The van der Waals surface area contributed by atoms with Crippen molar-refractivity contribution in [2.24, 2.45) is 0 Å². The Morgan fingerprint density at radius 2 is 1.74 bits per heavy atom. The third-order valence-electron chi connectivity index (χ3n) is 4.83. The summed E-state index contributed by atoms with van der Waals surface area (Å²) < 4.78 is 43.0. The Hall–Kier alpha value is -4.23. The summed E-state index contributed by atoms with van der Waals surface area (Å²) in [6.07, 6.45) is -2.26. The first-order valence-electron chi connectivity index (χ1n) is 11.3. The quantitative estimate of drug-likeness (QED) is 0.493. The van der Waals surface area contributed by atoms with Gasteiger partial charge in [-0.2, -0.15) is 13.2 Å². The average molecular weight is 543 g/mol. The molecular weight excluding hydrogens is 513 g/mol. The van der Waals surface area contributed by atoms with Gasteiger partial charge in [-0.15, -0.1) is 0 Å². The van der Waals surface area contributed by atoms with E-state index < -0.39 is 29.9 Å². The van der Waals surface area contributed by atoms with Crippen LogP contribution in [0.5, 0.6) is 11.5 Å². The number of aliphatic carboxylic acids is 1. The molecule has 14 heteroatoms. The number of rotatable bonds is 4. The second-order valence-corrected chi connectivity index (χ2v) is 9.05. The van der Waals surface area contributed by atoms with Gasteiger partial charge in [-0.25, -0.2) is 14.4 Å². The van der Waals surface area contributed by atoms with E-state index in [0.717, 1.165) is 0 Å². The van der Waals surface area contributed by atoms with Crippen LogP contribution in [0.4, 0.5) is 28.4 Å². The Morgan fingerprint density at radius 3 is 2.26 bits per heavy atom. The Labute approximate surface area is 216 Å². The average Bonchev–Trinajstić information content (AvgIpc) is 2.83. The number of aromatic nitrogens is 1. The van der Waals surface area contributed by atoms with Gasteiger partial charge in [-0.3, -0.25) is 4.98 Å². The normalized spacial score (nSPS) is 15.6. The summed E-state index contributed by atoms with van der Waals surface area (Å²) in [4.78, 5) is 41.6. The van der Waals surface area contributed by atoms with E-state index in [2.05, 4.69) is 10.3 Å². The number of nitrogens with one attached hydrogen (secondary N) is 1. The molecule has 0 radical (unpaired) electrons. The molecule has 0 saturated carbocycles. The van der Waals surface area contributed by atoms with Gasteiger partial charge in [0.2, 0.25) is 0 Å². The predicted octanol–water partition coefficient (Wildman–Crippen LogP) is 3.95. The van der Waals surface area contributed by atoms with Crippen molar-refractivity contribution in [1.29, 1.82) is 0 Å². The molecule has 0 aliphatic carbocycles. The van der Waals surface area contributed by atoms with Crippen LogP contribution in [0.15, 0.2) is 48.8 Å². The maximum Gasteiger partial charge on any atom is 0.490 e. The lowest BCUT2D eigenvalue weighted by molar-refractivity contribution is -0.192. The molecule has 38 heavy (non-hydrogen) atoms. The van der Waals surface area contributed by atoms with Gasteiger partial charge in [-0.05, 0) is 57.2 Å². The molecule has 2 aromatic rings. The zero-order valence-corrected chi connectivity index (χ0v) is 20.9. The first-order valence-corrected chi connectivity index (χ1v) is 11.3. The van der Waals surface area contributed by atoms with Gasteiger partial charge < -0.3 is 34.8 Å². The van der Waals surface area contributed by atoms with E-state index in [9.17, 15) is 27.9 Å². The highest BCUT2D eigenvalue weighted by molar-refractivity contribution is 5.89. The van der Waals surface area contributed by atoms with Gasteiger partial charge in [0.15, 0.2) is 0 Å². The number of benzene rings is 1. The Morgan fingerprint density at radius 1 is 1.11 bits per heavy atom. The smallest absolute Gasteiger partial charge is 0.490 e. The summed E-state index contributed by atoms with van der Waals surface area (Å²) >= 11 is 0. The number of hydrogen-bond donors (Lipinski definition) is 3. The van der Waals surface area contributed by atoms with Gasteiger partial charge in [0.25, 0.3) is 0 Å². The molecule has 1 atom stereocenters. The van der Waals surface area contributed by atoms with Gasteiger partial charge >= 0.3 is 24.3 Å². The maximum atomic E-state index is 12.9. The summed E-state index contributed by atoms with van der Waals surface area (Å²) in [7, 11) is 0. The molecule has 0 unspecified atom stereocenters. The lowest BCUT2D eigenvalue weighted by atomic mass is 10.2. The number of halogens is 3. The maximum absolute atomic E-state index is 12.9. The number of phenols is 1. The molecule has 208 valence electrons. The summed E-state index contributed by atoms with van der Waals surface area (Å²) in [6, 6.07) is 9.07. The van der Waals surface area contributed by atoms with E-state index in [1.54, 1.807) is 46.5 Å². The minimum absolute atomic E-state index is 0.117. The fourth-order valence-electron chi connectivity index (χ4n) is 3.12. The minimum atomic E-state index is -5.08. The summed E-state index contributed by atoms with van der Waals surface area (Å²) in [5.74, 6) is -2.06. The van der Waals surface area contributed by atoms with Crippen molar-refractivity contribution >= 4 is 23.8 Å². The number of hydrogen-bond acceptors (Lipinski definition) is 7. The minimum Gasteiger partial charge on any atom is -0.508 e. The molecule has 1 fully saturated rings. The Kier molecular flexibility index (Phi) is 10.1. The SMILES string of the molecule is CC(C)(C)OC(=O)N1CCN(C(=O)Nc2ccc(O)cc2)[C@@H](COc2cccnc2)C1.O=C(O)C(F)(F)F. The van der Waals surface area contributed by atoms with Crippen LogP contribution in [0.25, 0.3) is 0 Å². The number of alkyl halides is 3. The molecule has 1 aliphatic rings. The van der Waals surface area contributed by atoms with Crippen LogP contribution in [0.1, 0.15) is 20.8 Å². The van der Waals surface area contributed by atoms with Crippen molar-refractivity contribution in [1.82, 2.24) is 14.8 Å². The number of ether oxygens (including phenoxy) is 2. The highest BCUT2D eigenvalue weighted by Gasteiger charge is 2.38. The van der Waals surface area contributed by atoms with Crippen molar-refractivity contribution < 1.29 is 47.2 Å². The van der Waals surface area contributed by atoms with Crippen LogP contribution in [0, 0.1) is 0 Å². The van der Waals surface area contributed by atoms with E-state index in [4.69, 9.17) is 19.4 Å². The molecule has 3 N–H and O–H groups in total. The number of urea groups is 1. The number of nitrogens with zero attached hydrogens (tertiary/aromatic N) is 3. The molecule has 0 bridgehead atoms. The summed E-state index contributed by atoms with van der Waals surface area (Å²) in [5, 5.41) is 19.4. The molecule has 1 saturated heterocycles. The standard InChI is InChI=1S/C22H28N4O5.C2HF3O2/c1-22(2,3)31-21(29)25-11-12-26(20(28)24-16-6-8-18(27)9-7-16)17(14-25)15-30-19-5-4-10-23-13-19;3-2(4,5)1(6)7/h4-10,13,17,27H,11-12,14-15H2,1-3H3,(H,24,28);(H,6,7)/t17-;/m1./s1. The van der Waals surface area contributed by atoms with Crippen molar-refractivity contribution in [2.45, 2.75) is 38.6 Å². The largest absolute Gasteiger partial charge is 0.508 e. The zero-order valence-electron chi connectivity index (χ0n) is 20.9. The first kappa shape index (κ1) is 30.0. The fraction of sp³-hybridized carbons (Fsp3) is 0.417. The van der Waals surface area contributed by atoms with Crippen molar-refractivity contribution in [3.8, 4) is 11.5 Å². The predicted molar refractivity (Wildman–Crippen MR) is 129 cm³/mol. The molecular formula is C24H29F3N4O7. The number of amides is 3. The fourth-order valence-corrected chi connectivity index (χ4v) is 3.12. The number of carboxylic acids is 1. The Balaban J connectivity index is 0.000000638. The van der Waals surface area contributed by atoms with Crippen LogP contribution in [0.3, 0.4) is 0 Å². The third kappa shape index (κ3) is 10.0. The summed E-state index contributed by atoms with van der Waals surface area (Å²) in [6.45, 7) is 6.58. The van der Waals surface area contributed by atoms with Crippen LogP contribution < -0.4 is 10.1 Å². The zero-order chi connectivity index (χ0) is 28.5. The number of aromatic hydroxyl groups is 1. The van der Waals surface area contributed by atoms with Crippen LogP contribution >= 0.6 is 0 Å². The molecule has 3 rings (SSSR count). The molecule has 11 nitrogen and oxygen atoms in total. The molecule has 2 heterocycles. The number of carbonyl (C=O) groups excluding carboxylic acids is 2. The van der Waals surface area contributed by atoms with Crippen LogP contribution in [0.2, 0.25) is 0 Å². The van der Waals surface area contributed by atoms with Gasteiger partial charge in [-0.1, -0.05) is 0 Å². The van der Waals surface area contributed by atoms with Crippen LogP contribution in [-0.2, 0) is 9.53 Å². The van der Waals surface area contributed by atoms with Gasteiger partial charge in [0.1, 0.15) is 23.7 Å². The van der Waals surface area contributed by atoms with E-state index in [-0.39, 0.29) is 24.9 Å². The van der Waals surface area contributed by atoms with Crippen molar-refractivity contribution in [2.75, 3.05) is 31.6 Å². The highest BCUT2D eigenvalue weighted by atomic mass is 19.4. The molecule has 1 aliphatic heterocycles. The van der Waals surface area contributed by atoms with Crippen molar-refractivity contribution in [3.63, 3.8) is 0 Å². The summed E-state index contributed by atoms with van der Waals surface area (Å²) in [5.41, 5.74) is -0.0455. The van der Waals surface area contributed by atoms with E-state index in [1.165, 1.54) is 12.1 Å². The topological polar surface area (TPSA) is 142 Å². The number of carbonyl (C=O) groups is 3. The Bertz CT molecular complexity index is 1080. The lowest BCUT2D eigenvalue weighted by Crippen LogP contribution is -2.59. The number of anilines is 1. The van der Waals surface area contributed by atoms with E-state index >= 15 is 0 Å². The molecule has 1 aromatic heterocycles. The van der Waals surface area contributed by atoms with Gasteiger partial charge in [0, 0.05) is 31.5 Å². The second kappa shape index (κ2) is 12.8. The monoisotopic (exact) mass is 542 g/mol. The number of pyridine rings is 1. The number of carboxylic acid groups (broad SMARTS) is 1. The molecule has 3 amide bonds. The molecule has 1 aromatic carbocycles. The van der Waals surface area contributed by atoms with Crippen LogP contribution in [-0.4, -0.2) is 87.2 Å². The first-order chi connectivity index (χ1) is 17.7. The van der Waals surface area contributed by atoms with E-state index in [0.29, 0.717) is 24.5 Å². The van der Waals surface area contributed by atoms with Crippen molar-refractivity contribution in [3.05, 3.63) is 48.8 Å². The van der Waals surface area contributed by atoms with Gasteiger partial charge in [0.05, 0.1) is 12.2 Å². The number of phenolic OH excluding ortho intramolecular Hbond substituents is 1.